The van der Waals surface area contributed by atoms with Gasteiger partial charge in [-0.1, -0.05) is 30.3 Å². The van der Waals surface area contributed by atoms with Crippen LogP contribution in [0.5, 0.6) is 0 Å². The van der Waals surface area contributed by atoms with Gasteiger partial charge in [-0.15, -0.1) is 11.3 Å². The number of hydrogen-bond acceptors (Lipinski definition) is 5. The van der Waals surface area contributed by atoms with Crippen LogP contribution in [0, 0.1) is 0 Å². The molecule has 2 N–H and O–H groups in total. The molecule has 1 aliphatic heterocycles. The molecule has 6 nitrogen and oxygen atoms in total. The summed E-state index contributed by atoms with van der Waals surface area (Å²) in [7, 11) is 0. The first-order valence-corrected chi connectivity index (χ1v) is 13.0. The Morgan fingerprint density at radius 3 is 2.53 bits per heavy atom. The second kappa shape index (κ2) is 10.5. The van der Waals surface area contributed by atoms with E-state index in [9.17, 15) is 9.59 Å². The van der Waals surface area contributed by atoms with Crippen LogP contribution in [0.25, 0.3) is 0 Å². The molecule has 0 radical (unpaired) electrons. The van der Waals surface area contributed by atoms with E-state index < -0.39 is 0 Å². The Hall–Kier alpha value is -3.03. The van der Waals surface area contributed by atoms with Crippen LogP contribution >= 0.6 is 11.3 Å². The van der Waals surface area contributed by atoms with Gasteiger partial charge in [-0.3, -0.25) is 19.5 Å². The summed E-state index contributed by atoms with van der Waals surface area (Å²) in [6.45, 7) is 2.65. The van der Waals surface area contributed by atoms with Gasteiger partial charge in [0.05, 0.1) is 17.2 Å². The van der Waals surface area contributed by atoms with E-state index in [1.54, 1.807) is 35.9 Å². The van der Waals surface area contributed by atoms with Crippen molar-refractivity contribution in [3.05, 3.63) is 82.0 Å². The lowest BCUT2D eigenvalue weighted by molar-refractivity contribution is 0.0938. The number of nitrogens with zero attached hydrogens (tertiary/aromatic N) is 2. The Bertz CT molecular complexity index is 1140. The third-order valence-corrected chi connectivity index (χ3v) is 7.98. The molecular formula is C27H30N4O2S. The van der Waals surface area contributed by atoms with Gasteiger partial charge >= 0.3 is 0 Å². The molecule has 3 aromatic rings. The average molecular weight is 475 g/mol. The van der Waals surface area contributed by atoms with Gasteiger partial charge < -0.3 is 10.6 Å². The Labute approximate surface area is 204 Å². The number of carbonyl (C=O) groups is 2. The van der Waals surface area contributed by atoms with Gasteiger partial charge in [0.1, 0.15) is 5.00 Å². The summed E-state index contributed by atoms with van der Waals surface area (Å²) in [4.78, 5) is 34.2. The second-order valence-corrected chi connectivity index (χ2v) is 10.1. The maximum absolute atomic E-state index is 13.6. The summed E-state index contributed by atoms with van der Waals surface area (Å²) in [6.07, 6.45) is 9.61. The monoisotopic (exact) mass is 474 g/mol. The van der Waals surface area contributed by atoms with E-state index >= 15 is 0 Å². The van der Waals surface area contributed by atoms with Gasteiger partial charge in [-0.2, -0.15) is 0 Å². The number of anilines is 1. The van der Waals surface area contributed by atoms with Crippen molar-refractivity contribution in [1.29, 1.82) is 0 Å². The van der Waals surface area contributed by atoms with Gasteiger partial charge in [0.25, 0.3) is 11.8 Å². The van der Waals surface area contributed by atoms with Crippen molar-refractivity contribution in [2.24, 2.45) is 0 Å². The lowest BCUT2D eigenvalue weighted by Gasteiger charge is -2.28. The lowest BCUT2D eigenvalue weighted by Crippen LogP contribution is -2.37. The van der Waals surface area contributed by atoms with Gasteiger partial charge in [-0.05, 0) is 74.9 Å². The predicted octanol–water partition coefficient (Wildman–Crippen LogP) is 4.84. The molecule has 1 fully saturated rings. The maximum atomic E-state index is 13.6. The summed E-state index contributed by atoms with van der Waals surface area (Å²) in [5.74, 6) is -0.332. The Morgan fingerprint density at radius 1 is 0.971 bits per heavy atom. The van der Waals surface area contributed by atoms with E-state index in [1.807, 2.05) is 6.07 Å². The molecule has 34 heavy (non-hydrogen) atoms. The van der Waals surface area contributed by atoms with Gasteiger partial charge in [-0.25, -0.2) is 0 Å². The zero-order valence-corrected chi connectivity index (χ0v) is 20.1. The minimum atomic E-state index is -0.236. The zero-order valence-electron chi connectivity index (χ0n) is 19.3. The molecule has 7 heteroatoms. The Kier molecular flexibility index (Phi) is 7.02. The number of nitrogens with one attached hydrogen (secondary N) is 2. The number of thiophene rings is 1. The van der Waals surface area contributed by atoms with Crippen LogP contribution in [-0.2, 0) is 12.8 Å². The number of carbonyl (C=O) groups excluding carboxylic acids is 2. The number of fused-ring (bicyclic) bond motifs is 1. The number of benzene rings is 1. The zero-order chi connectivity index (χ0) is 23.3. The number of amides is 2. The second-order valence-electron chi connectivity index (χ2n) is 8.99. The highest BCUT2D eigenvalue weighted by molar-refractivity contribution is 7.17. The van der Waals surface area contributed by atoms with Crippen molar-refractivity contribution in [3.8, 4) is 0 Å². The SMILES string of the molecule is O=C(Nc1sc2c(c1C(=O)NCC(c1ccccc1)N1CCCC1)CCCC2)c1cccnc1. The first kappa shape index (κ1) is 22.7. The van der Waals surface area contributed by atoms with Gasteiger partial charge in [0.2, 0.25) is 0 Å². The Morgan fingerprint density at radius 2 is 1.76 bits per heavy atom. The fourth-order valence-electron chi connectivity index (χ4n) is 5.03. The molecule has 1 atom stereocenters. The van der Waals surface area contributed by atoms with Crippen molar-refractivity contribution in [2.75, 3.05) is 25.0 Å². The standard InChI is InChI=1S/C27H30N4O2S/c32-25(20-11-8-14-28-17-20)30-27-24(21-12-4-5-13-23(21)34-27)26(33)29-18-22(31-15-6-7-16-31)19-9-2-1-3-10-19/h1-3,8-11,14,17,22H,4-7,12-13,15-16,18H2,(H,29,33)(H,30,32). The van der Waals surface area contributed by atoms with E-state index in [1.165, 1.54) is 23.3 Å². The Balaban J connectivity index is 1.38. The highest BCUT2D eigenvalue weighted by Crippen LogP contribution is 2.38. The summed E-state index contributed by atoms with van der Waals surface area (Å²) in [5, 5.41) is 6.88. The van der Waals surface area contributed by atoms with Crippen molar-refractivity contribution < 1.29 is 9.59 Å². The third kappa shape index (κ3) is 4.91. The topological polar surface area (TPSA) is 74.3 Å². The molecule has 1 aromatic carbocycles. The molecule has 0 bridgehead atoms. The van der Waals surface area contributed by atoms with E-state index in [-0.39, 0.29) is 17.9 Å². The number of pyridine rings is 1. The van der Waals surface area contributed by atoms with Crippen LogP contribution in [-0.4, -0.2) is 41.3 Å². The number of likely N-dealkylation sites (tertiary alicyclic amines) is 1. The van der Waals surface area contributed by atoms with Crippen LogP contribution in [0.2, 0.25) is 0 Å². The molecule has 0 saturated carbocycles. The molecule has 2 aromatic heterocycles. The molecule has 1 aliphatic carbocycles. The third-order valence-electron chi connectivity index (χ3n) is 6.77. The molecule has 1 unspecified atom stereocenters. The normalized spacial score (nSPS) is 16.6. The number of rotatable bonds is 7. The molecule has 2 aliphatic rings. The molecule has 176 valence electrons. The van der Waals surface area contributed by atoms with Crippen molar-refractivity contribution in [1.82, 2.24) is 15.2 Å². The van der Waals surface area contributed by atoms with Crippen LogP contribution in [0.1, 0.15) is 68.4 Å². The van der Waals surface area contributed by atoms with E-state index in [2.05, 4.69) is 44.8 Å². The fourth-order valence-corrected chi connectivity index (χ4v) is 6.31. The molecule has 1 saturated heterocycles. The maximum Gasteiger partial charge on any atom is 0.257 e. The van der Waals surface area contributed by atoms with Gasteiger partial charge in [0.15, 0.2) is 0 Å². The van der Waals surface area contributed by atoms with Gasteiger partial charge in [0, 0.05) is 23.8 Å². The van der Waals surface area contributed by atoms with Crippen molar-refractivity contribution in [2.45, 2.75) is 44.6 Å². The van der Waals surface area contributed by atoms with Crippen LogP contribution in [0.3, 0.4) is 0 Å². The van der Waals surface area contributed by atoms with E-state index in [0.29, 0.717) is 22.7 Å². The quantitative estimate of drug-likeness (QED) is 0.514. The minimum Gasteiger partial charge on any atom is -0.350 e. The van der Waals surface area contributed by atoms with Crippen molar-refractivity contribution >= 4 is 28.2 Å². The number of hydrogen-bond donors (Lipinski definition) is 2. The van der Waals surface area contributed by atoms with Crippen LogP contribution in [0.4, 0.5) is 5.00 Å². The predicted molar refractivity (Wildman–Crippen MR) is 135 cm³/mol. The lowest BCUT2D eigenvalue weighted by atomic mass is 9.95. The highest BCUT2D eigenvalue weighted by atomic mass is 32.1. The minimum absolute atomic E-state index is 0.0963. The summed E-state index contributed by atoms with van der Waals surface area (Å²) in [5.41, 5.74) is 3.46. The average Bonchev–Trinajstić information content (AvgIpc) is 3.53. The summed E-state index contributed by atoms with van der Waals surface area (Å²) >= 11 is 1.55. The first-order valence-electron chi connectivity index (χ1n) is 12.1. The summed E-state index contributed by atoms with van der Waals surface area (Å²) < 4.78 is 0. The van der Waals surface area contributed by atoms with Crippen molar-refractivity contribution in [3.63, 3.8) is 0 Å². The fraction of sp³-hybridized carbons (Fsp3) is 0.370. The van der Waals surface area contributed by atoms with E-state index in [4.69, 9.17) is 0 Å². The van der Waals surface area contributed by atoms with Crippen LogP contribution in [0.15, 0.2) is 54.9 Å². The molecular weight excluding hydrogens is 444 g/mol. The number of aryl methyl sites for hydroxylation is 1. The molecule has 0 spiro atoms. The first-order chi connectivity index (χ1) is 16.7. The largest absolute Gasteiger partial charge is 0.350 e. The number of aromatic nitrogens is 1. The molecule has 3 heterocycles. The highest BCUT2D eigenvalue weighted by Gasteiger charge is 2.29. The molecule has 2 amide bonds. The smallest absolute Gasteiger partial charge is 0.257 e. The van der Waals surface area contributed by atoms with E-state index in [0.717, 1.165) is 44.3 Å². The summed E-state index contributed by atoms with van der Waals surface area (Å²) in [6, 6.07) is 14.0. The van der Waals surface area contributed by atoms with Crippen LogP contribution < -0.4 is 10.6 Å². The molecule has 5 rings (SSSR count).